The second-order valence-corrected chi connectivity index (χ2v) is 4.99. The molecule has 0 aromatic heterocycles. The molecule has 0 aliphatic heterocycles. The van der Waals surface area contributed by atoms with Gasteiger partial charge in [-0.05, 0) is 24.6 Å². The van der Waals surface area contributed by atoms with E-state index in [1.807, 2.05) is 6.92 Å². The molecule has 0 saturated heterocycles. The zero-order valence-electron chi connectivity index (χ0n) is 13.4. The van der Waals surface area contributed by atoms with Gasteiger partial charge in [0.15, 0.2) is 6.10 Å². The van der Waals surface area contributed by atoms with Crippen LogP contribution in [0.15, 0.2) is 48.5 Å². The number of nitrogens with zero attached hydrogens (tertiary/aromatic N) is 1. The first-order valence-electron chi connectivity index (χ1n) is 7.39. The second-order valence-electron chi connectivity index (χ2n) is 4.99. The van der Waals surface area contributed by atoms with Crippen molar-refractivity contribution in [2.45, 2.75) is 19.4 Å². The summed E-state index contributed by atoms with van der Waals surface area (Å²) in [5.74, 6) is 0.762. The fourth-order valence-electron chi connectivity index (χ4n) is 2.08. The summed E-state index contributed by atoms with van der Waals surface area (Å²) in [7, 11) is 1.55. The smallest absolute Gasteiger partial charge is 0.271 e. The zero-order chi connectivity index (χ0) is 17.5. The molecule has 0 heterocycles. The minimum atomic E-state index is -0.726. The standard InChI is InChI=1S/C17H18N2O5/c1-3-16(24-15-9-5-8-14(11-15)23-2)17(20)18-12-6-4-7-13(10-12)19(21)22/h4-11,16H,3H2,1-2H3,(H,18,20)/t16-/m1/s1. The number of methoxy groups -OCH3 is 1. The molecule has 1 N–H and O–H groups in total. The fourth-order valence-corrected chi connectivity index (χ4v) is 2.08. The average Bonchev–Trinajstić information content (AvgIpc) is 2.59. The predicted molar refractivity (Wildman–Crippen MR) is 89.4 cm³/mol. The Hall–Kier alpha value is -3.09. The Kier molecular flexibility index (Phi) is 5.73. The Balaban J connectivity index is 2.08. The van der Waals surface area contributed by atoms with Gasteiger partial charge in [-0.3, -0.25) is 14.9 Å². The maximum absolute atomic E-state index is 12.3. The molecule has 0 radical (unpaired) electrons. The monoisotopic (exact) mass is 330 g/mol. The number of nitro groups is 1. The fraction of sp³-hybridized carbons (Fsp3) is 0.235. The van der Waals surface area contributed by atoms with Gasteiger partial charge in [-0.25, -0.2) is 0 Å². The summed E-state index contributed by atoms with van der Waals surface area (Å²) in [5, 5.41) is 13.4. The van der Waals surface area contributed by atoms with Crippen LogP contribution in [0.2, 0.25) is 0 Å². The quantitative estimate of drug-likeness (QED) is 0.620. The summed E-state index contributed by atoms with van der Waals surface area (Å²) in [4.78, 5) is 22.6. The first-order valence-corrected chi connectivity index (χ1v) is 7.39. The number of ether oxygens (including phenoxy) is 2. The third-order valence-corrected chi connectivity index (χ3v) is 3.31. The molecule has 7 nitrogen and oxygen atoms in total. The number of carbonyl (C=O) groups excluding carboxylic acids is 1. The van der Waals surface area contributed by atoms with Crippen LogP contribution in [0, 0.1) is 10.1 Å². The number of non-ortho nitro benzene ring substituents is 1. The van der Waals surface area contributed by atoms with Crippen molar-refractivity contribution in [1.29, 1.82) is 0 Å². The van der Waals surface area contributed by atoms with Gasteiger partial charge < -0.3 is 14.8 Å². The summed E-state index contributed by atoms with van der Waals surface area (Å²) >= 11 is 0. The Morgan fingerprint density at radius 2 is 1.92 bits per heavy atom. The van der Waals surface area contributed by atoms with Crippen LogP contribution >= 0.6 is 0 Å². The molecular formula is C17H18N2O5. The highest BCUT2D eigenvalue weighted by atomic mass is 16.6. The van der Waals surface area contributed by atoms with E-state index < -0.39 is 11.0 Å². The van der Waals surface area contributed by atoms with Gasteiger partial charge in [0, 0.05) is 23.9 Å². The lowest BCUT2D eigenvalue weighted by molar-refractivity contribution is -0.384. The number of rotatable bonds is 7. The van der Waals surface area contributed by atoms with Crippen molar-refractivity contribution in [1.82, 2.24) is 0 Å². The van der Waals surface area contributed by atoms with Crippen molar-refractivity contribution in [3.05, 3.63) is 58.6 Å². The molecule has 126 valence electrons. The van der Waals surface area contributed by atoms with E-state index in [9.17, 15) is 14.9 Å². The SMILES string of the molecule is CC[C@@H](Oc1cccc(OC)c1)C(=O)Nc1cccc([N+](=O)[O-])c1. The van der Waals surface area contributed by atoms with Gasteiger partial charge in [0.25, 0.3) is 11.6 Å². The molecule has 0 saturated carbocycles. The van der Waals surface area contributed by atoms with Crippen LogP contribution in [0.3, 0.4) is 0 Å². The van der Waals surface area contributed by atoms with Crippen LogP contribution in [0.1, 0.15) is 13.3 Å². The minimum absolute atomic E-state index is 0.0884. The van der Waals surface area contributed by atoms with E-state index in [4.69, 9.17) is 9.47 Å². The highest BCUT2D eigenvalue weighted by Crippen LogP contribution is 2.22. The number of amides is 1. The molecule has 1 atom stereocenters. The Morgan fingerprint density at radius 3 is 2.58 bits per heavy atom. The van der Waals surface area contributed by atoms with E-state index in [1.54, 1.807) is 37.4 Å². The van der Waals surface area contributed by atoms with Crippen LogP contribution in [0.4, 0.5) is 11.4 Å². The van der Waals surface area contributed by atoms with Crippen molar-refractivity contribution in [2.24, 2.45) is 0 Å². The molecule has 0 unspecified atom stereocenters. The van der Waals surface area contributed by atoms with Crippen molar-refractivity contribution in [3.8, 4) is 11.5 Å². The maximum Gasteiger partial charge on any atom is 0.271 e. The van der Waals surface area contributed by atoms with Crippen LogP contribution in [-0.4, -0.2) is 24.0 Å². The van der Waals surface area contributed by atoms with E-state index in [2.05, 4.69) is 5.32 Å². The van der Waals surface area contributed by atoms with E-state index in [0.717, 1.165) is 0 Å². The third kappa shape index (κ3) is 4.45. The van der Waals surface area contributed by atoms with Crippen LogP contribution in [-0.2, 0) is 4.79 Å². The van der Waals surface area contributed by atoms with Crippen molar-refractivity contribution in [3.63, 3.8) is 0 Å². The number of hydrogen-bond donors (Lipinski definition) is 1. The summed E-state index contributed by atoms with van der Waals surface area (Å²) in [6, 6.07) is 12.7. The van der Waals surface area contributed by atoms with Crippen molar-refractivity contribution < 1.29 is 19.2 Å². The second kappa shape index (κ2) is 7.96. The summed E-state index contributed by atoms with van der Waals surface area (Å²) in [5.41, 5.74) is 0.261. The topological polar surface area (TPSA) is 90.7 Å². The largest absolute Gasteiger partial charge is 0.497 e. The Bertz CT molecular complexity index is 732. The van der Waals surface area contributed by atoms with Crippen molar-refractivity contribution >= 4 is 17.3 Å². The van der Waals surface area contributed by atoms with E-state index in [1.165, 1.54) is 18.2 Å². The molecule has 24 heavy (non-hydrogen) atoms. The lowest BCUT2D eigenvalue weighted by Crippen LogP contribution is -2.32. The summed E-state index contributed by atoms with van der Waals surface area (Å²) in [6.07, 6.45) is -0.283. The van der Waals surface area contributed by atoms with E-state index >= 15 is 0 Å². The molecule has 0 aliphatic carbocycles. The normalized spacial score (nSPS) is 11.4. The number of nitrogens with one attached hydrogen (secondary N) is 1. The predicted octanol–water partition coefficient (Wildman–Crippen LogP) is 3.40. The van der Waals surface area contributed by atoms with Gasteiger partial charge in [-0.1, -0.05) is 19.1 Å². The van der Waals surface area contributed by atoms with E-state index in [-0.39, 0.29) is 11.6 Å². The first-order chi connectivity index (χ1) is 11.5. The maximum atomic E-state index is 12.3. The lowest BCUT2D eigenvalue weighted by atomic mass is 10.2. The van der Waals surface area contributed by atoms with Crippen molar-refractivity contribution in [2.75, 3.05) is 12.4 Å². The average molecular weight is 330 g/mol. The lowest BCUT2D eigenvalue weighted by Gasteiger charge is -2.17. The molecule has 2 rings (SSSR count). The van der Waals surface area contributed by atoms with Gasteiger partial charge in [0.2, 0.25) is 0 Å². The zero-order valence-corrected chi connectivity index (χ0v) is 13.4. The number of nitro benzene ring substituents is 1. The van der Waals surface area contributed by atoms with Gasteiger partial charge in [-0.2, -0.15) is 0 Å². The highest BCUT2D eigenvalue weighted by molar-refractivity contribution is 5.94. The summed E-state index contributed by atoms with van der Waals surface area (Å²) < 4.78 is 10.8. The number of hydrogen-bond acceptors (Lipinski definition) is 5. The third-order valence-electron chi connectivity index (χ3n) is 3.31. The molecular weight excluding hydrogens is 312 g/mol. The van der Waals surface area contributed by atoms with Crippen LogP contribution in [0.5, 0.6) is 11.5 Å². The minimum Gasteiger partial charge on any atom is -0.497 e. The molecule has 0 aliphatic rings. The van der Waals surface area contributed by atoms with E-state index in [0.29, 0.717) is 23.6 Å². The Morgan fingerprint density at radius 1 is 1.21 bits per heavy atom. The Labute approximate surface area is 139 Å². The molecule has 0 spiro atoms. The first kappa shape index (κ1) is 17.3. The molecule has 1 amide bonds. The van der Waals surface area contributed by atoms with Gasteiger partial charge in [0.05, 0.1) is 12.0 Å². The van der Waals surface area contributed by atoms with Gasteiger partial charge >= 0.3 is 0 Å². The highest BCUT2D eigenvalue weighted by Gasteiger charge is 2.19. The van der Waals surface area contributed by atoms with Crippen LogP contribution < -0.4 is 14.8 Å². The molecule has 0 bridgehead atoms. The number of carbonyl (C=O) groups is 1. The van der Waals surface area contributed by atoms with Gasteiger partial charge in [0.1, 0.15) is 11.5 Å². The summed E-state index contributed by atoms with van der Waals surface area (Å²) in [6.45, 7) is 1.82. The molecule has 2 aromatic carbocycles. The number of anilines is 1. The molecule has 0 fully saturated rings. The molecule has 7 heteroatoms. The van der Waals surface area contributed by atoms with Gasteiger partial charge in [-0.15, -0.1) is 0 Å². The number of benzene rings is 2. The molecule has 2 aromatic rings. The van der Waals surface area contributed by atoms with Crippen LogP contribution in [0.25, 0.3) is 0 Å².